The number of sulfonamides is 1. The van der Waals surface area contributed by atoms with Crippen LogP contribution in [0.1, 0.15) is 37.4 Å². The smallest absolute Gasteiger partial charge is 0.241 e. The van der Waals surface area contributed by atoms with Gasteiger partial charge in [-0.15, -0.1) is 0 Å². The van der Waals surface area contributed by atoms with E-state index in [1.807, 2.05) is 0 Å². The lowest BCUT2D eigenvalue weighted by Crippen LogP contribution is -2.34. The van der Waals surface area contributed by atoms with Crippen molar-refractivity contribution in [2.45, 2.75) is 37.6 Å². The van der Waals surface area contributed by atoms with Crippen LogP contribution in [-0.4, -0.2) is 20.9 Å². The third kappa shape index (κ3) is 4.01. The first-order valence-corrected chi connectivity index (χ1v) is 10.1. The van der Waals surface area contributed by atoms with Gasteiger partial charge >= 0.3 is 0 Å². The minimum atomic E-state index is -3.92. The summed E-state index contributed by atoms with van der Waals surface area (Å²) in [6, 6.07) is 6.73. The van der Waals surface area contributed by atoms with E-state index in [2.05, 4.69) is 4.72 Å². The topological polar surface area (TPSA) is 66.5 Å². The van der Waals surface area contributed by atoms with Crippen molar-refractivity contribution >= 4 is 21.6 Å². The molecule has 8 heteroatoms. The second-order valence-electron chi connectivity index (χ2n) is 6.57. The van der Waals surface area contributed by atoms with E-state index >= 15 is 0 Å². The zero-order valence-corrected chi connectivity index (χ0v) is 15.8. The molecule has 1 unspecified atom stereocenters. The van der Waals surface area contributed by atoms with Crippen LogP contribution in [-0.2, 0) is 21.2 Å². The summed E-state index contributed by atoms with van der Waals surface area (Å²) in [5.41, 5.74) is 1.55. The number of nitrogens with one attached hydrogen (secondary N) is 1. The van der Waals surface area contributed by atoms with Crippen LogP contribution in [0.3, 0.4) is 0 Å². The maximum Gasteiger partial charge on any atom is 0.241 e. The number of rotatable bonds is 4. The standard InChI is InChI=1S/C19H20F2N2O3S/c1-12(17-7-5-15(20)11-18(17)21)22-27(25,26)16-6-8-19-14(10-16)4-3-9-23(19)13(2)24/h5-8,10-12,22H,3-4,9H2,1-2H3. The predicted octanol–water partition coefficient (Wildman–Crippen LogP) is 3.30. The number of halogens is 2. The summed E-state index contributed by atoms with van der Waals surface area (Å²) >= 11 is 0. The molecule has 1 aliphatic rings. The van der Waals surface area contributed by atoms with E-state index in [1.54, 1.807) is 17.0 Å². The van der Waals surface area contributed by atoms with Gasteiger partial charge in [-0.2, -0.15) is 0 Å². The second kappa shape index (κ2) is 7.36. The average Bonchev–Trinajstić information content (AvgIpc) is 2.60. The van der Waals surface area contributed by atoms with Crippen molar-refractivity contribution in [1.82, 2.24) is 4.72 Å². The second-order valence-corrected chi connectivity index (χ2v) is 8.29. The SMILES string of the molecule is CC(=O)N1CCCc2cc(S(=O)(=O)NC(C)c3ccc(F)cc3F)ccc21. The quantitative estimate of drug-likeness (QED) is 0.865. The number of hydrogen-bond acceptors (Lipinski definition) is 3. The molecule has 0 radical (unpaired) electrons. The van der Waals surface area contributed by atoms with Crippen LogP contribution in [0.4, 0.5) is 14.5 Å². The molecule has 0 saturated heterocycles. The summed E-state index contributed by atoms with van der Waals surface area (Å²) < 4.78 is 54.8. The largest absolute Gasteiger partial charge is 0.312 e. The number of aryl methyl sites for hydroxylation is 1. The fourth-order valence-electron chi connectivity index (χ4n) is 3.28. The Hall–Kier alpha value is -2.32. The molecule has 1 amide bonds. The molecule has 0 aliphatic carbocycles. The molecule has 1 aliphatic heterocycles. The minimum Gasteiger partial charge on any atom is -0.312 e. The van der Waals surface area contributed by atoms with Crippen molar-refractivity contribution in [3.63, 3.8) is 0 Å². The molecule has 1 heterocycles. The number of anilines is 1. The fraction of sp³-hybridized carbons (Fsp3) is 0.316. The first kappa shape index (κ1) is 19.4. The molecule has 1 atom stereocenters. The number of carbonyl (C=O) groups is 1. The van der Waals surface area contributed by atoms with Gasteiger partial charge in [0.1, 0.15) is 11.6 Å². The van der Waals surface area contributed by atoms with Crippen molar-refractivity contribution in [1.29, 1.82) is 0 Å². The van der Waals surface area contributed by atoms with Crippen LogP contribution in [0.15, 0.2) is 41.3 Å². The van der Waals surface area contributed by atoms with Crippen molar-refractivity contribution in [2.24, 2.45) is 0 Å². The van der Waals surface area contributed by atoms with Gasteiger partial charge in [0.2, 0.25) is 15.9 Å². The lowest BCUT2D eigenvalue weighted by molar-refractivity contribution is -0.116. The Kier molecular flexibility index (Phi) is 5.30. The molecular formula is C19H20F2N2O3S. The highest BCUT2D eigenvalue weighted by Gasteiger charge is 2.25. The van der Waals surface area contributed by atoms with Crippen LogP contribution < -0.4 is 9.62 Å². The maximum atomic E-state index is 13.9. The zero-order chi connectivity index (χ0) is 19.8. The highest BCUT2D eigenvalue weighted by Crippen LogP contribution is 2.30. The summed E-state index contributed by atoms with van der Waals surface area (Å²) in [6.45, 7) is 3.57. The van der Waals surface area contributed by atoms with Gasteiger partial charge in [-0.05, 0) is 49.6 Å². The summed E-state index contributed by atoms with van der Waals surface area (Å²) in [5.74, 6) is -1.63. The number of fused-ring (bicyclic) bond motifs is 1. The van der Waals surface area contributed by atoms with Crippen molar-refractivity contribution in [3.05, 3.63) is 59.2 Å². The van der Waals surface area contributed by atoms with Crippen LogP contribution in [0.5, 0.6) is 0 Å². The van der Waals surface area contributed by atoms with E-state index in [0.717, 1.165) is 24.1 Å². The van der Waals surface area contributed by atoms with Crippen molar-refractivity contribution in [2.75, 3.05) is 11.4 Å². The van der Waals surface area contributed by atoms with E-state index in [-0.39, 0.29) is 16.4 Å². The number of benzene rings is 2. The first-order valence-electron chi connectivity index (χ1n) is 8.57. The highest BCUT2D eigenvalue weighted by molar-refractivity contribution is 7.89. The summed E-state index contributed by atoms with van der Waals surface area (Å²) in [4.78, 5) is 13.4. The Morgan fingerprint density at radius 1 is 1.19 bits per heavy atom. The number of hydrogen-bond donors (Lipinski definition) is 1. The maximum absolute atomic E-state index is 13.9. The summed E-state index contributed by atoms with van der Waals surface area (Å²) in [5, 5.41) is 0. The van der Waals surface area contributed by atoms with Gasteiger partial charge in [-0.1, -0.05) is 6.07 Å². The molecule has 0 bridgehead atoms. The van der Waals surface area contributed by atoms with Gasteiger partial charge in [0.15, 0.2) is 0 Å². The molecule has 2 aromatic rings. The molecular weight excluding hydrogens is 374 g/mol. The Morgan fingerprint density at radius 3 is 2.59 bits per heavy atom. The zero-order valence-electron chi connectivity index (χ0n) is 15.0. The molecule has 27 heavy (non-hydrogen) atoms. The predicted molar refractivity (Wildman–Crippen MR) is 97.9 cm³/mol. The monoisotopic (exact) mass is 394 g/mol. The molecule has 0 aromatic heterocycles. The van der Waals surface area contributed by atoms with Gasteiger partial charge in [0.25, 0.3) is 0 Å². The molecule has 3 rings (SSSR count). The van der Waals surface area contributed by atoms with Gasteiger partial charge < -0.3 is 4.90 Å². The van der Waals surface area contributed by atoms with E-state index in [9.17, 15) is 22.0 Å². The normalized spacial score (nSPS) is 15.3. The van der Waals surface area contributed by atoms with Crippen LogP contribution in [0.2, 0.25) is 0 Å². The minimum absolute atomic E-state index is 0.0426. The lowest BCUT2D eigenvalue weighted by Gasteiger charge is -2.29. The molecule has 5 nitrogen and oxygen atoms in total. The highest BCUT2D eigenvalue weighted by atomic mass is 32.2. The van der Waals surface area contributed by atoms with Gasteiger partial charge in [0, 0.05) is 36.8 Å². The van der Waals surface area contributed by atoms with Gasteiger partial charge in [-0.25, -0.2) is 21.9 Å². The van der Waals surface area contributed by atoms with Crippen molar-refractivity contribution < 1.29 is 22.0 Å². The van der Waals surface area contributed by atoms with E-state index < -0.39 is 27.7 Å². The lowest BCUT2D eigenvalue weighted by atomic mass is 10.0. The molecule has 0 spiro atoms. The third-order valence-electron chi connectivity index (χ3n) is 4.62. The first-order chi connectivity index (χ1) is 12.7. The Labute approximate surface area is 157 Å². The molecule has 2 aromatic carbocycles. The molecule has 0 fully saturated rings. The average molecular weight is 394 g/mol. The summed E-state index contributed by atoms with van der Waals surface area (Å²) in [7, 11) is -3.92. The Balaban J connectivity index is 1.88. The number of amides is 1. The Bertz CT molecular complexity index is 992. The van der Waals surface area contributed by atoms with Gasteiger partial charge in [0.05, 0.1) is 4.90 Å². The van der Waals surface area contributed by atoms with E-state index in [4.69, 9.17) is 0 Å². The molecule has 1 N–H and O–H groups in total. The van der Waals surface area contributed by atoms with E-state index in [1.165, 1.54) is 26.0 Å². The summed E-state index contributed by atoms with van der Waals surface area (Å²) in [6.07, 6.45) is 1.42. The van der Waals surface area contributed by atoms with Crippen molar-refractivity contribution in [3.8, 4) is 0 Å². The fourth-order valence-corrected chi connectivity index (χ4v) is 4.56. The van der Waals surface area contributed by atoms with E-state index in [0.29, 0.717) is 18.7 Å². The molecule has 144 valence electrons. The van der Waals surface area contributed by atoms with Gasteiger partial charge in [-0.3, -0.25) is 4.79 Å². The molecule has 0 saturated carbocycles. The van der Waals surface area contributed by atoms with Crippen LogP contribution in [0.25, 0.3) is 0 Å². The Morgan fingerprint density at radius 2 is 1.93 bits per heavy atom. The number of carbonyl (C=O) groups excluding carboxylic acids is 1. The number of nitrogens with zero attached hydrogens (tertiary/aromatic N) is 1. The third-order valence-corrected chi connectivity index (χ3v) is 6.16. The van der Waals surface area contributed by atoms with Crippen LogP contribution >= 0.6 is 0 Å². The van der Waals surface area contributed by atoms with Crippen LogP contribution in [0, 0.1) is 11.6 Å².